The van der Waals surface area contributed by atoms with Crippen molar-refractivity contribution < 1.29 is 9.90 Å². The lowest BCUT2D eigenvalue weighted by molar-refractivity contribution is -0.138. The van der Waals surface area contributed by atoms with Crippen molar-refractivity contribution in [3.8, 4) is 0 Å². The number of pyridine rings is 1. The van der Waals surface area contributed by atoms with Gasteiger partial charge in [0, 0.05) is 24.0 Å². The SMILES string of the molecule is Cc1nc(N2CCC(CC(=O)O)CC2)ccc1Br. The van der Waals surface area contributed by atoms with Gasteiger partial charge < -0.3 is 10.0 Å². The molecule has 1 fully saturated rings. The summed E-state index contributed by atoms with van der Waals surface area (Å²) >= 11 is 3.44. The third-order valence-electron chi connectivity index (χ3n) is 3.41. The molecule has 18 heavy (non-hydrogen) atoms. The largest absolute Gasteiger partial charge is 0.481 e. The Morgan fingerprint density at radius 1 is 1.50 bits per heavy atom. The normalized spacial score (nSPS) is 16.9. The number of rotatable bonds is 3. The smallest absolute Gasteiger partial charge is 0.303 e. The second-order valence-electron chi connectivity index (χ2n) is 4.76. The van der Waals surface area contributed by atoms with Crippen LogP contribution in [0.15, 0.2) is 16.6 Å². The minimum absolute atomic E-state index is 0.292. The van der Waals surface area contributed by atoms with Gasteiger partial charge in [0.25, 0.3) is 0 Å². The summed E-state index contributed by atoms with van der Waals surface area (Å²) in [5, 5.41) is 8.78. The van der Waals surface area contributed by atoms with E-state index in [2.05, 4.69) is 25.8 Å². The quantitative estimate of drug-likeness (QED) is 0.932. The van der Waals surface area contributed by atoms with Gasteiger partial charge in [-0.3, -0.25) is 4.79 Å². The molecule has 98 valence electrons. The first-order valence-corrected chi connectivity index (χ1v) is 6.95. The van der Waals surface area contributed by atoms with Crippen LogP contribution in [-0.2, 0) is 4.79 Å². The van der Waals surface area contributed by atoms with Crippen LogP contribution in [0.2, 0.25) is 0 Å². The number of carbonyl (C=O) groups is 1. The Bertz CT molecular complexity index is 443. The molecule has 0 aliphatic carbocycles. The Morgan fingerprint density at radius 2 is 2.17 bits per heavy atom. The molecule has 2 heterocycles. The number of carboxylic acids is 1. The number of carboxylic acid groups (broad SMARTS) is 1. The zero-order chi connectivity index (χ0) is 13.1. The van der Waals surface area contributed by atoms with Crippen LogP contribution >= 0.6 is 15.9 Å². The van der Waals surface area contributed by atoms with Gasteiger partial charge in [0.15, 0.2) is 0 Å². The molecule has 0 amide bonds. The molecule has 0 atom stereocenters. The number of aromatic nitrogens is 1. The van der Waals surface area contributed by atoms with Gasteiger partial charge in [-0.25, -0.2) is 4.98 Å². The van der Waals surface area contributed by atoms with Gasteiger partial charge in [0.05, 0.1) is 5.69 Å². The van der Waals surface area contributed by atoms with Gasteiger partial charge in [-0.1, -0.05) is 0 Å². The van der Waals surface area contributed by atoms with Crippen molar-refractivity contribution in [2.24, 2.45) is 5.92 Å². The van der Waals surface area contributed by atoms with Crippen LogP contribution in [-0.4, -0.2) is 29.1 Å². The molecule has 4 nitrogen and oxygen atoms in total. The van der Waals surface area contributed by atoms with Crippen LogP contribution in [0.3, 0.4) is 0 Å². The lowest BCUT2D eigenvalue weighted by atomic mass is 9.94. The summed E-state index contributed by atoms with van der Waals surface area (Å²) < 4.78 is 1.02. The van der Waals surface area contributed by atoms with Gasteiger partial charge in [-0.05, 0) is 53.7 Å². The van der Waals surface area contributed by atoms with E-state index in [9.17, 15) is 4.79 Å². The summed E-state index contributed by atoms with van der Waals surface area (Å²) in [5.41, 5.74) is 0.986. The fourth-order valence-electron chi connectivity index (χ4n) is 2.32. The molecule has 1 saturated heterocycles. The first-order valence-electron chi connectivity index (χ1n) is 6.16. The summed E-state index contributed by atoms with van der Waals surface area (Å²) in [7, 11) is 0. The predicted octanol–water partition coefficient (Wildman–Crippen LogP) is 2.84. The van der Waals surface area contributed by atoms with E-state index in [1.54, 1.807) is 0 Å². The molecule has 1 aliphatic rings. The lowest BCUT2D eigenvalue weighted by Gasteiger charge is -2.32. The predicted molar refractivity (Wildman–Crippen MR) is 73.9 cm³/mol. The van der Waals surface area contributed by atoms with Crippen molar-refractivity contribution >= 4 is 27.7 Å². The molecule has 0 spiro atoms. The van der Waals surface area contributed by atoms with Gasteiger partial charge in [0.2, 0.25) is 0 Å². The van der Waals surface area contributed by atoms with Gasteiger partial charge in [0.1, 0.15) is 5.82 Å². The van der Waals surface area contributed by atoms with Gasteiger partial charge >= 0.3 is 5.97 Å². The lowest BCUT2D eigenvalue weighted by Crippen LogP contribution is -2.34. The maximum absolute atomic E-state index is 10.7. The minimum Gasteiger partial charge on any atom is -0.481 e. The number of hydrogen-bond donors (Lipinski definition) is 1. The van der Waals surface area contributed by atoms with Crippen molar-refractivity contribution in [3.05, 3.63) is 22.3 Å². The maximum atomic E-state index is 10.7. The number of piperidine rings is 1. The van der Waals surface area contributed by atoms with E-state index in [0.29, 0.717) is 12.3 Å². The summed E-state index contributed by atoms with van der Waals surface area (Å²) in [6.07, 6.45) is 2.16. The molecule has 0 unspecified atom stereocenters. The van der Waals surface area contributed by atoms with E-state index >= 15 is 0 Å². The molecule has 0 bridgehead atoms. The first-order chi connectivity index (χ1) is 8.56. The number of hydrogen-bond acceptors (Lipinski definition) is 3. The molecule has 0 radical (unpaired) electrons. The van der Waals surface area contributed by atoms with Crippen LogP contribution in [0.4, 0.5) is 5.82 Å². The second kappa shape index (κ2) is 5.69. The molecule has 1 aromatic rings. The van der Waals surface area contributed by atoms with E-state index in [1.807, 2.05) is 19.1 Å². The second-order valence-corrected chi connectivity index (χ2v) is 5.62. The Labute approximate surface area is 115 Å². The third kappa shape index (κ3) is 3.22. The summed E-state index contributed by atoms with van der Waals surface area (Å²) in [6.45, 7) is 3.77. The molecular weight excluding hydrogens is 296 g/mol. The van der Waals surface area contributed by atoms with Crippen LogP contribution in [0.5, 0.6) is 0 Å². The van der Waals surface area contributed by atoms with Crippen molar-refractivity contribution in [1.82, 2.24) is 4.98 Å². The highest BCUT2D eigenvalue weighted by Crippen LogP contribution is 2.25. The van der Waals surface area contributed by atoms with Crippen LogP contribution < -0.4 is 4.90 Å². The fraction of sp³-hybridized carbons (Fsp3) is 0.538. The highest BCUT2D eigenvalue weighted by Gasteiger charge is 2.22. The maximum Gasteiger partial charge on any atom is 0.303 e. The topological polar surface area (TPSA) is 53.4 Å². The van der Waals surface area contributed by atoms with Crippen molar-refractivity contribution in [2.45, 2.75) is 26.2 Å². The number of nitrogens with zero attached hydrogens (tertiary/aromatic N) is 2. The standard InChI is InChI=1S/C13H17BrN2O2/c1-9-11(14)2-3-12(15-9)16-6-4-10(5-7-16)8-13(17)18/h2-3,10H,4-8H2,1H3,(H,17,18). The van der Waals surface area contributed by atoms with Crippen molar-refractivity contribution in [1.29, 1.82) is 0 Å². The van der Waals surface area contributed by atoms with Crippen molar-refractivity contribution in [3.63, 3.8) is 0 Å². The molecular formula is C13H17BrN2O2. The van der Waals surface area contributed by atoms with Crippen LogP contribution in [0.25, 0.3) is 0 Å². The molecule has 1 aliphatic heterocycles. The molecule has 0 aromatic carbocycles. The Kier molecular flexibility index (Phi) is 4.22. The van der Waals surface area contributed by atoms with E-state index in [4.69, 9.17) is 5.11 Å². The molecule has 2 rings (SSSR count). The summed E-state index contributed by atoms with van der Waals surface area (Å²) in [6, 6.07) is 4.02. The molecule has 1 aromatic heterocycles. The number of aliphatic carboxylic acids is 1. The monoisotopic (exact) mass is 312 g/mol. The fourth-order valence-corrected chi connectivity index (χ4v) is 2.54. The number of anilines is 1. The van der Waals surface area contributed by atoms with Crippen LogP contribution in [0.1, 0.15) is 25.0 Å². The number of halogens is 1. The van der Waals surface area contributed by atoms with E-state index in [-0.39, 0.29) is 0 Å². The highest BCUT2D eigenvalue weighted by molar-refractivity contribution is 9.10. The zero-order valence-electron chi connectivity index (χ0n) is 10.4. The Morgan fingerprint density at radius 3 is 2.72 bits per heavy atom. The first kappa shape index (κ1) is 13.3. The average molecular weight is 313 g/mol. The number of aryl methyl sites for hydroxylation is 1. The Hall–Kier alpha value is -1.10. The van der Waals surface area contributed by atoms with Crippen LogP contribution in [0, 0.1) is 12.8 Å². The van der Waals surface area contributed by atoms with E-state index in [0.717, 1.165) is 41.9 Å². The minimum atomic E-state index is -0.689. The van der Waals surface area contributed by atoms with Gasteiger partial charge in [-0.2, -0.15) is 0 Å². The zero-order valence-corrected chi connectivity index (χ0v) is 12.0. The van der Waals surface area contributed by atoms with E-state index in [1.165, 1.54) is 0 Å². The highest BCUT2D eigenvalue weighted by atomic mass is 79.9. The summed E-state index contributed by atoms with van der Waals surface area (Å²) in [4.78, 5) is 17.4. The average Bonchev–Trinajstić information content (AvgIpc) is 2.33. The van der Waals surface area contributed by atoms with Gasteiger partial charge in [-0.15, -0.1) is 0 Å². The molecule has 5 heteroatoms. The third-order valence-corrected chi connectivity index (χ3v) is 4.25. The summed E-state index contributed by atoms with van der Waals surface area (Å²) in [5.74, 6) is 0.617. The Balaban J connectivity index is 1.96. The van der Waals surface area contributed by atoms with E-state index < -0.39 is 5.97 Å². The molecule has 0 saturated carbocycles. The molecule has 1 N–H and O–H groups in total. The van der Waals surface area contributed by atoms with Crippen molar-refractivity contribution in [2.75, 3.05) is 18.0 Å².